The minimum atomic E-state index is 0.170. The number of hydrogen-bond acceptors (Lipinski definition) is 2. The second kappa shape index (κ2) is 5.60. The first-order chi connectivity index (χ1) is 9.72. The summed E-state index contributed by atoms with van der Waals surface area (Å²) in [5, 5.41) is 0. The number of aromatic nitrogens is 1. The van der Waals surface area contributed by atoms with E-state index in [1.807, 2.05) is 17.0 Å². The van der Waals surface area contributed by atoms with Crippen molar-refractivity contribution in [1.29, 1.82) is 0 Å². The normalized spacial score (nSPS) is 27.4. The van der Waals surface area contributed by atoms with Crippen LogP contribution in [-0.4, -0.2) is 34.5 Å². The van der Waals surface area contributed by atoms with Crippen LogP contribution in [-0.2, 0) is 0 Å². The number of nitrogens with zero attached hydrogens (tertiary/aromatic N) is 2. The number of rotatable bonds is 3. The molecule has 4 heteroatoms. The molecule has 2 unspecified atom stereocenters. The van der Waals surface area contributed by atoms with E-state index in [0.29, 0.717) is 18.5 Å². The molecule has 4 nitrogen and oxygen atoms in total. The van der Waals surface area contributed by atoms with E-state index in [9.17, 15) is 4.79 Å². The standard InChI is InChI=1S/C16H25N3O/c1-12-5-3-10-19(15(12)11-17)16(20)14-8-4-9-18(14)13-6-2-7-13/h4,8-9,12-13,15H,2-3,5-7,10-11,17H2,1H3. The van der Waals surface area contributed by atoms with Crippen LogP contribution in [0.15, 0.2) is 18.3 Å². The number of likely N-dealkylation sites (tertiary alicyclic amines) is 1. The van der Waals surface area contributed by atoms with Crippen molar-refractivity contribution < 1.29 is 4.79 Å². The van der Waals surface area contributed by atoms with Gasteiger partial charge in [-0.3, -0.25) is 4.79 Å². The monoisotopic (exact) mass is 275 g/mol. The summed E-state index contributed by atoms with van der Waals surface area (Å²) in [5.41, 5.74) is 6.76. The van der Waals surface area contributed by atoms with E-state index < -0.39 is 0 Å². The molecule has 1 aliphatic carbocycles. The maximum absolute atomic E-state index is 12.9. The first-order valence-corrected chi connectivity index (χ1v) is 7.90. The Morgan fingerprint density at radius 3 is 2.80 bits per heavy atom. The number of nitrogens with two attached hydrogens (primary N) is 1. The zero-order valence-corrected chi connectivity index (χ0v) is 12.3. The molecule has 0 radical (unpaired) electrons. The highest BCUT2D eigenvalue weighted by Crippen LogP contribution is 2.33. The van der Waals surface area contributed by atoms with Crippen LogP contribution in [0.5, 0.6) is 0 Å². The molecular formula is C16H25N3O. The van der Waals surface area contributed by atoms with Crippen molar-refractivity contribution in [1.82, 2.24) is 9.47 Å². The van der Waals surface area contributed by atoms with Gasteiger partial charge in [-0.05, 0) is 50.2 Å². The van der Waals surface area contributed by atoms with Gasteiger partial charge < -0.3 is 15.2 Å². The molecule has 110 valence electrons. The minimum absolute atomic E-state index is 0.170. The zero-order chi connectivity index (χ0) is 14.1. The molecule has 1 aromatic rings. The largest absolute Gasteiger partial charge is 0.340 e. The van der Waals surface area contributed by atoms with Gasteiger partial charge in [-0.15, -0.1) is 0 Å². The van der Waals surface area contributed by atoms with Crippen molar-refractivity contribution in [3.8, 4) is 0 Å². The molecule has 1 aliphatic heterocycles. The van der Waals surface area contributed by atoms with Gasteiger partial charge in [0.15, 0.2) is 0 Å². The summed E-state index contributed by atoms with van der Waals surface area (Å²) in [4.78, 5) is 14.9. The van der Waals surface area contributed by atoms with E-state index >= 15 is 0 Å². The molecule has 0 bridgehead atoms. The van der Waals surface area contributed by atoms with Gasteiger partial charge in [0.25, 0.3) is 5.91 Å². The van der Waals surface area contributed by atoms with Crippen molar-refractivity contribution in [2.45, 2.75) is 51.1 Å². The topological polar surface area (TPSA) is 51.3 Å². The predicted octanol–water partition coefficient (Wildman–Crippen LogP) is 2.41. The molecule has 0 aromatic carbocycles. The lowest BCUT2D eigenvalue weighted by molar-refractivity contribution is 0.0516. The van der Waals surface area contributed by atoms with Crippen LogP contribution < -0.4 is 5.73 Å². The molecule has 1 amide bonds. The Kier molecular flexibility index (Phi) is 3.83. The zero-order valence-electron chi connectivity index (χ0n) is 12.3. The third kappa shape index (κ3) is 2.26. The molecule has 1 saturated carbocycles. The van der Waals surface area contributed by atoms with Gasteiger partial charge in [-0.1, -0.05) is 6.92 Å². The van der Waals surface area contributed by atoms with E-state index in [2.05, 4.69) is 17.7 Å². The van der Waals surface area contributed by atoms with Crippen LogP contribution in [0.1, 0.15) is 55.6 Å². The Hall–Kier alpha value is -1.29. The fourth-order valence-electron chi connectivity index (χ4n) is 3.57. The molecule has 20 heavy (non-hydrogen) atoms. The fraction of sp³-hybridized carbons (Fsp3) is 0.688. The molecular weight excluding hydrogens is 250 g/mol. The maximum atomic E-state index is 12.9. The second-order valence-corrected chi connectivity index (χ2v) is 6.31. The quantitative estimate of drug-likeness (QED) is 0.921. The third-order valence-electron chi connectivity index (χ3n) is 5.08. The average Bonchev–Trinajstić information content (AvgIpc) is 2.84. The van der Waals surface area contributed by atoms with Crippen LogP contribution in [0.3, 0.4) is 0 Å². The lowest BCUT2D eigenvalue weighted by Gasteiger charge is -2.40. The molecule has 1 aromatic heterocycles. The Morgan fingerprint density at radius 1 is 1.35 bits per heavy atom. The first-order valence-electron chi connectivity index (χ1n) is 7.90. The second-order valence-electron chi connectivity index (χ2n) is 6.31. The van der Waals surface area contributed by atoms with Crippen LogP contribution >= 0.6 is 0 Å². The van der Waals surface area contributed by atoms with E-state index in [4.69, 9.17) is 5.73 Å². The number of hydrogen-bond donors (Lipinski definition) is 1. The van der Waals surface area contributed by atoms with Crippen LogP contribution in [0, 0.1) is 5.92 Å². The summed E-state index contributed by atoms with van der Waals surface area (Å²) < 4.78 is 2.18. The first kappa shape index (κ1) is 13.7. The lowest BCUT2D eigenvalue weighted by Crippen LogP contribution is -2.51. The van der Waals surface area contributed by atoms with E-state index in [1.165, 1.54) is 25.7 Å². The van der Waals surface area contributed by atoms with E-state index in [0.717, 1.165) is 18.7 Å². The number of carbonyl (C=O) groups excluding carboxylic acids is 1. The molecule has 0 spiro atoms. The van der Waals surface area contributed by atoms with Gasteiger partial charge >= 0.3 is 0 Å². The van der Waals surface area contributed by atoms with Crippen molar-refractivity contribution in [3.05, 3.63) is 24.0 Å². The van der Waals surface area contributed by atoms with Gasteiger partial charge in [0.05, 0.1) is 0 Å². The summed E-state index contributed by atoms with van der Waals surface area (Å²) in [6.07, 6.45) is 8.00. The summed E-state index contributed by atoms with van der Waals surface area (Å²) >= 11 is 0. The average molecular weight is 275 g/mol. The molecule has 1 saturated heterocycles. The van der Waals surface area contributed by atoms with Crippen molar-refractivity contribution in [2.24, 2.45) is 11.7 Å². The van der Waals surface area contributed by atoms with E-state index in [1.54, 1.807) is 0 Å². The maximum Gasteiger partial charge on any atom is 0.270 e. The SMILES string of the molecule is CC1CCCN(C(=O)c2cccn2C2CCC2)C1CN. The molecule has 2 aliphatic rings. The summed E-state index contributed by atoms with van der Waals surface area (Å²) in [5.74, 6) is 0.675. The smallest absolute Gasteiger partial charge is 0.270 e. The highest BCUT2D eigenvalue weighted by molar-refractivity contribution is 5.93. The highest BCUT2D eigenvalue weighted by Gasteiger charge is 2.33. The van der Waals surface area contributed by atoms with Crippen LogP contribution in [0.2, 0.25) is 0 Å². The minimum Gasteiger partial charge on any atom is -0.340 e. The lowest BCUT2D eigenvalue weighted by atomic mass is 9.90. The molecule has 2 N–H and O–H groups in total. The number of amides is 1. The Bertz CT molecular complexity index is 478. The molecule has 2 heterocycles. The summed E-state index contributed by atoms with van der Waals surface area (Å²) in [6, 6.07) is 4.69. The summed E-state index contributed by atoms with van der Waals surface area (Å²) in [7, 11) is 0. The van der Waals surface area contributed by atoms with Gasteiger partial charge in [0.1, 0.15) is 5.69 Å². The fourth-order valence-corrected chi connectivity index (χ4v) is 3.57. The Balaban J connectivity index is 1.82. The number of carbonyl (C=O) groups is 1. The third-order valence-corrected chi connectivity index (χ3v) is 5.08. The molecule has 2 atom stereocenters. The van der Waals surface area contributed by atoms with Crippen molar-refractivity contribution >= 4 is 5.91 Å². The highest BCUT2D eigenvalue weighted by atomic mass is 16.2. The predicted molar refractivity (Wildman–Crippen MR) is 79.6 cm³/mol. The number of piperidine rings is 1. The van der Waals surface area contributed by atoms with Crippen molar-refractivity contribution in [3.63, 3.8) is 0 Å². The van der Waals surface area contributed by atoms with Gasteiger partial charge in [0, 0.05) is 31.4 Å². The van der Waals surface area contributed by atoms with Gasteiger partial charge in [-0.2, -0.15) is 0 Å². The Labute approximate surface area is 120 Å². The van der Waals surface area contributed by atoms with Gasteiger partial charge in [-0.25, -0.2) is 0 Å². The summed E-state index contributed by atoms with van der Waals surface area (Å²) in [6.45, 7) is 3.62. The van der Waals surface area contributed by atoms with Crippen LogP contribution in [0.4, 0.5) is 0 Å². The molecule has 2 fully saturated rings. The Morgan fingerprint density at radius 2 is 2.15 bits per heavy atom. The van der Waals surface area contributed by atoms with Crippen LogP contribution in [0.25, 0.3) is 0 Å². The van der Waals surface area contributed by atoms with E-state index in [-0.39, 0.29) is 11.9 Å². The van der Waals surface area contributed by atoms with Crippen molar-refractivity contribution in [2.75, 3.05) is 13.1 Å². The van der Waals surface area contributed by atoms with Gasteiger partial charge in [0.2, 0.25) is 0 Å². The molecule has 3 rings (SSSR count).